The molecule has 0 atom stereocenters. The van der Waals surface area contributed by atoms with Crippen LogP contribution in [0.15, 0.2) is 18.2 Å². The summed E-state index contributed by atoms with van der Waals surface area (Å²) in [6, 6.07) is 4.73. The number of hydrogen-bond acceptors (Lipinski definition) is 6. The summed E-state index contributed by atoms with van der Waals surface area (Å²) < 4.78 is 40.4. The van der Waals surface area contributed by atoms with Crippen molar-refractivity contribution < 1.29 is 22.8 Å². The van der Waals surface area contributed by atoms with Gasteiger partial charge in [-0.1, -0.05) is 18.7 Å². The van der Waals surface area contributed by atoms with Crippen LogP contribution < -0.4 is 4.90 Å². The number of thioether (sulfide) groups is 1. The smallest absolute Gasteiger partial charge is 0.334 e. The Morgan fingerprint density at radius 2 is 1.86 bits per heavy atom. The van der Waals surface area contributed by atoms with Crippen LogP contribution in [-0.4, -0.2) is 81.5 Å². The summed E-state index contributed by atoms with van der Waals surface area (Å²) in [6.45, 7) is 9.43. The lowest BCUT2D eigenvalue weighted by Crippen LogP contribution is -2.49. The molecular formula is C23H28F3N5O2S2. The number of halogens is 3. The van der Waals surface area contributed by atoms with Gasteiger partial charge in [0.05, 0.1) is 22.9 Å². The molecule has 35 heavy (non-hydrogen) atoms. The normalized spacial score (nSPS) is 18.8. The molecule has 0 unspecified atom stereocenters. The Balaban J connectivity index is 1.66. The number of nitriles is 1. The second kappa shape index (κ2) is 10.7. The first-order valence-corrected chi connectivity index (χ1v) is 12.7. The largest absolute Gasteiger partial charge is 0.417 e. The first kappa shape index (κ1) is 27.2. The van der Waals surface area contributed by atoms with Crippen LogP contribution in [0.2, 0.25) is 0 Å². The van der Waals surface area contributed by atoms with Crippen molar-refractivity contribution in [1.82, 2.24) is 14.7 Å². The van der Waals surface area contributed by atoms with Gasteiger partial charge in [0, 0.05) is 32.7 Å². The van der Waals surface area contributed by atoms with Gasteiger partial charge >= 0.3 is 6.18 Å². The number of piperazine rings is 1. The van der Waals surface area contributed by atoms with Gasteiger partial charge in [-0.25, -0.2) is 0 Å². The molecule has 3 rings (SSSR count). The van der Waals surface area contributed by atoms with E-state index in [2.05, 4.69) is 4.90 Å². The lowest BCUT2D eigenvalue weighted by Gasteiger charge is -2.35. The second-order valence-corrected chi connectivity index (χ2v) is 10.4. The minimum absolute atomic E-state index is 0.00682. The monoisotopic (exact) mass is 527 g/mol. The van der Waals surface area contributed by atoms with Crippen LogP contribution in [0, 0.1) is 11.3 Å². The van der Waals surface area contributed by atoms with E-state index in [1.807, 2.05) is 11.8 Å². The van der Waals surface area contributed by atoms with Crippen LogP contribution in [0.4, 0.5) is 23.7 Å². The summed E-state index contributed by atoms with van der Waals surface area (Å²) in [4.78, 5) is 32.2. The number of hydrogen-bond donors (Lipinski definition) is 0. The van der Waals surface area contributed by atoms with Gasteiger partial charge in [0.25, 0.3) is 11.1 Å². The maximum absolute atomic E-state index is 13.5. The molecule has 2 aliphatic rings. The highest BCUT2D eigenvalue weighted by molar-refractivity contribution is 8.13. The van der Waals surface area contributed by atoms with Gasteiger partial charge in [0.15, 0.2) is 5.11 Å². The molecule has 1 aromatic rings. The van der Waals surface area contributed by atoms with Crippen molar-refractivity contribution >= 4 is 45.9 Å². The van der Waals surface area contributed by atoms with Gasteiger partial charge in [-0.15, -0.1) is 0 Å². The van der Waals surface area contributed by atoms with Gasteiger partial charge < -0.3 is 9.80 Å². The quantitative estimate of drug-likeness (QED) is 0.515. The summed E-state index contributed by atoms with van der Waals surface area (Å²) >= 11 is 6.84. The average molecular weight is 528 g/mol. The topological polar surface area (TPSA) is 70.9 Å². The number of alkyl halides is 3. The fourth-order valence-electron chi connectivity index (χ4n) is 4.26. The third-order valence-electron chi connectivity index (χ3n) is 6.27. The van der Waals surface area contributed by atoms with Crippen molar-refractivity contribution in [3.05, 3.63) is 29.3 Å². The fourth-order valence-corrected chi connectivity index (χ4v) is 5.38. The van der Waals surface area contributed by atoms with Crippen molar-refractivity contribution in [3.8, 4) is 6.07 Å². The molecule has 2 amide bonds. The van der Waals surface area contributed by atoms with Crippen LogP contribution in [0.25, 0.3) is 0 Å². The summed E-state index contributed by atoms with van der Waals surface area (Å²) in [5.74, 6) is 0.334. The average Bonchev–Trinajstić information content (AvgIpc) is 2.97. The fraction of sp³-hybridized carbons (Fsp3) is 0.565. The molecular weight excluding hydrogens is 499 g/mol. The Morgan fingerprint density at radius 1 is 1.20 bits per heavy atom. The molecule has 0 aliphatic carbocycles. The Labute approximate surface area is 212 Å². The number of benzene rings is 1. The maximum Gasteiger partial charge on any atom is 0.417 e. The first-order valence-electron chi connectivity index (χ1n) is 11.3. The summed E-state index contributed by atoms with van der Waals surface area (Å²) in [7, 11) is 0. The molecule has 190 valence electrons. The highest BCUT2D eigenvalue weighted by Gasteiger charge is 2.49. The highest BCUT2D eigenvalue weighted by Crippen LogP contribution is 2.37. The minimum atomic E-state index is -4.73. The molecule has 2 saturated heterocycles. The SMILES string of the molecule is CCSC(=O)N1CCN(CCCN2C(=S)N(c3ccc(C#N)c(C(F)(F)F)c3)C(=O)C2(C)C)CC1. The molecule has 7 nitrogen and oxygen atoms in total. The van der Waals surface area contributed by atoms with Crippen molar-refractivity contribution in [2.45, 2.75) is 38.9 Å². The van der Waals surface area contributed by atoms with Crippen LogP contribution >= 0.6 is 24.0 Å². The molecule has 0 radical (unpaired) electrons. The van der Waals surface area contributed by atoms with E-state index in [1.165, 1.54) is 17.8 Å². The van der Waals surface area contributed by atoms with Crippen molar-refractivity contribution in [2.24, 2.45) is 0 Å². The second-order valence-electron chi connectivity index (χ2n) is 8.85. The molecule has 0 spiro atoms. The lowest BCUT2D eigenvalue weighted by molar-refractivity contribution is -0.137. The Bertz CT molecular complexity index is 1030. The van der Waals surface area contributed by atoms with Gasteiger partial charge in [0.1, 0.15) is 5.54 Å². The van der Waals surface area contributed by atoms with E-state index >= 15 is 0 Å². The van der Waals surface area contributed by atoms with Crippen LogP contribution in [0.3, 0.4) is 0 Å². The molecule has 12 heteroatoms. The van der Waals surface area contributed by atoms with Gasteiger partial charge in [-0.3, -0.25) is 19.4 Å². The molecule has 2 fully saturated rings. The van der Waals surface area contributed by atoms with Crippen LogP contribution in [0.1, 0.15) is 38.3 Å². The molecule has 0 bridgehead atoms. The zero-order valence-corrected chi connectivity index (χ0v) is 21.5. The third-order valence-corrected chi connectivity index (χ3v) is 7.46. The Morgan fingerprint density at radius 3 is 2.43 bits per heavy atom. The van der Waals surface area contributed by atoms with Crippen molar-refractivity contribution in [3.63, 3.8) is 0 Å². The summed E-state index contributed by atoms with van der Waals surface area (Å²) in [5, 5.41) is 9.29. The van der Waals surface area contributed by atoms with E-state index < -0.39 is 28.7 Å². The highest BCUT2D eigenvalue weighted by atomic mass is 32.2. The van der Waals surface area contributed by atoms with E-state index in [0.717, 1.165) is 42.4 Å². The van der Waals surface area contributed by atoms with E-state index in [9.17, 15) is 22.8 Å². The summed E-state index contributed by atoms with van der Waals surface area (Å²) in [6.07, 6.45) is -4.03. The third kappa shape index (κ3) is 5.73. The number of carbonyl (C=O) groups is 2. The van der Waals surface area contributed by atoms with E-state index in [0.29, 0.717) is 26.1 Å². The molecule has 2 heterocycles. The van der Waals surface area contributed by atoms with Gasteiger partial charge in [-0.2, -0.15) is 18.4 Å². The summed E-state index contributed by atoms with van der Waals surface area (Å²) in [5.41, 5.74) is -2.64. The van der Waals surface area contributed by atoms with Crippen LogP contribution in [0.5, 0.6) is 0 Å². The zero-order chi connectivity index (χ0) is 26.0. The maximum atomic E-state index is 13.5. The minimum Gasteiger partial charge on any atom is -0.334 e. The first-order chi connectivity index (χ1) is 16.4. The molecule has 2 aliphatic heterocycles. The predicted octanol–water partition coefficient (Wildman–Crippen LogP) is 4.17. The zero-order valence-electron chi connectivity index (χ0n) is 19.9. The number of thiocarbonyl (C=S) groups is 1. The number of carbonyl (C=O) groups excluding carboxylic acids is 2. The van der Waals surface area contributed by atoms with Crippen molar-refractivity contribution in [2.75, 3.05) is 49.9 Å². The van der Waals surface area contributed by atoms with Crippen molar-refractivity contribution in [1.29, 1.82) is 5.26 Å². The molecule has 0 saturated carbocycles. The number of amides is 2. The number of anilines is 1. The van der Waals surface area contributed by atoms with E-state index in [-0.39, 0.29) is 16.0 Å². The predicted molar refractivity (Wildman–Crippen MR) is 133 cm³/mol. The Kier molecular flexibility index (Phi) is 8.34. The molecule has 0 aromatic heterocycles. The number of nitrogens with zero attached hydrogens (tertiary/aromatic N) is 5. The standard InChI is InChI=1S/C23H28F3N5O2S2/c1-4-35-21(33)29-12-10-28(11-13-29)8-5-9-30-20(34)31(19(32)22(30,2)3)17-7-6-16(15-27)18(14-17)23(24,25)26/h6-7,14H,4-5,8-13H2,1-3H3. The van der Waals surface area contributed by atoms with Gasteiger partial charge in [-0.05, 0) is 63.0 Å². The lowest BCUT2D eigenvalue weighted by atomic mass is 10.0. The van der Waals surface area contributed by atoms with Gasteiger partial charge in [0.2, 0.25) is 0 Å². The Hall–Kier alpha value is -2.36. The molecule has 1 aromatic carbocycles. The molecule has 0 N–H and O–H groups in total. The van der Waals surface area contributed by atoms with Crippen LogP contribution in [-0.2, 0) is 11.0 Å². The number of rotatable bonds is 6. The van der Waals surface area contributed by atoms with E-state index in [1.54, 1.807) is 24.8 Å². The van der Waals surface area contributed by atoms with E-state index in [4.69, 9.17) is 17.5 Å².